The normalized spacial score (nSPS) is 22.6. The fraction of sp³-hybridized carbons (Fsp3) is 0.476. The van der Waals surface area contributed by atoms with Crippen LogP contribution in [0, 0.1) is 0 Å². The smallest absolute Gasteiger partial charge is 0.234 e. The molecular formula is C21H25N3O2. The monoisotopic (exact) mass is 351 g/mol. The summed E-state index contributed by atoms with van der Waals surface area (Å²) in [4.78, 5) is 30.6. The van der Waals surface area contributed by atoms with E-state index in [0.717, 1.165) is 36.1 Å². The van der Waals surface area contributed by atoms with Crippen molar-refractivity contribution >= 4 is 22.7 Å². The van der Waals surface area contributed by atoms with Crippen molar-refractivity contribution < 1.29 is 9.59 Å². The van der Waals surface area contributed by atoms with Gasteiger partial charge in [0, 0.05) is 18.0 Å². The summed E-state index contributed by atoms with van der Waals surface area (Å²) in [6.07, 6.45) is 5.12. The van der Waals surface area contributed by atoms with Crippen molar-refractivity contribution in [1.82, 2.24) is 15.2 Å². The summed E-state index contributed by atoms with van der Waals surface area (Å²) in [6.45, 7) is 5.67. The zero-order valence-corrected chi connectivity index (χ0v) is 15.2. The Labute approximate surface area is 153 Å². The molecule has 1 aromatic heterocycles. The number of piperidine rings is 2. The van der Waals surface area contributed by atoms with E-state index in [1.165, 1.54) is 18.4 Å². The van der Waals surface area contributed by atoms with Gasteiger partial charge in [-0.3, -0.25) is 19.9 Å². The van der Waals surface area contributed by atoms with Crippen LogP contribution in [0.25, 0.3) is 10.9 Å². The number of nitrogens with one attached hydrogen (secondary N) is 1. The van der Waals surface area contributed by atoms with E-state index in [1.54, 1.807) is 6.20 Å². The molecule has 0 radical (unpaired) electrons. The lowest BCUT2D eigenvalue weighted by molar-refractivity contribution is -0.134. The summed E-state index contributed by atoms with van der Waals surface area (Å²) in [7, 11) is 0. The molecular weight excluding hydrogens is 326 g/mol. The second-order valence-corrected chi connectivity index (χ2v) is 7.43. The van der Waals surface area contributed by atoms with Gasteiger partial charge in [-0.1, -0.05) is 13.0 Å². The second-order valence-electron chi connectivity index (χ2n) is 7.43. The highest BCUT2D eigenvalue weighted by atomic mass is 16.2. The molecule has 2 aliphatic rings. The summed E-state index contributed by atoms with van der Waals surface area (Å²) in [5, 5.41) is 3.52. The molecule has 4 rings (SSSR count). The van der Waals surface area contributed by atoms with Crippen molar-refractivity contribution in [3.8, 4) is 0 Å². The van der Waals surface area contributed by atoms with Gasteiger partial charge in [-0.25, -0.2) is 0 Å². The largest absolute Gasteiger partial charge is 0.304 e. The molecule has 0 saturated carbocycles. The molecule has 0 bridgehead atoms. The van der Waals surface area contributed by atoms with E-state index < -0.39 is 0 Å². The molecule has 0 spiro atoms. The van der Waals surface area contributed by atoms with Crippen LogP contribution in [-0.4, -0.2) is 41.3 Å². The Bertz CT molecular complexity index is 840. The number of carbonyl (C=O) groups is 2. The molecule has 0 aliphatic carbocycles. The zero-order valence-electron chi connectivity index (χ0n) is 15.2. The van der Waals surface area contributed by atoms with Crippen LogP contribution >= 0.6 is 0 Å². The van der Waals surface area contributed by atoms with Gasteiger partial charge in [0.1, 0.15) is 0 Å². The number of hydrogen-bond acceptors (Lipinski definition) is 4. The third-order valence-electron chi connectivity index (χ3n) is 5.87. The average molecular weight is 351 g/mol. The van der Waals surface area contributed by atoms with E-state index in [2.05, 4.69) is 46.4 Å². The molecule has 26 heavy (non-hydrogen) atoms. The van der Waals surface area contributed by atoms with Gasteiger partial charge in [-0.05, 0) is 74.1 Å². The van der Waals surface area contributed by atoms with Crippen molar-refractivity contribution in [2.24, 2.45) is 0 Å². The first kappa shape index (κ1) is 17.2. The van der Waals surface area contributed by atoms with E-state index in [-0.39, 0.29) is 17.7 Å². The molecule has 1 N–H and O–H groups in total. The maximum atomic E-state index is 12.2. The van der Waals surface area contributed by atoms with Crippen molar-refractivity contribution in [2.75, 3.05) is 19.6 Å². The first-order chi connectivity index (χ1) is 12.6. The number of aromatic nitrogens is 1. The first-order valence-electron chi connectivity index (χ1n) is 9.59. The Morgan fingerprint density at radius 3 is 2.62 bits per heavy atom. The third-order valence-corrected chi connectivity index (χ3v) is 5.87. The highest BCUT2D eigenvalue weighted by Crippen LogP contribution is 2.31. The predicted octanol–water partition coefficient (Wildman–Crippen LogP) is 2.95. The van der Waals surface area contributed by atoms with Crippen molar-refractivity contribution in [3.63, 3.8) is 0 Å². The molecule has 1 aromatic carbocycles. The number of benzene rings is 1. The summed E-state index contributed by atoms with van der Waals surface area (Å²) >= 11 is 0. The van der Waals surface area contributed by atoms with Gasteiger partial charge >= 0.3 is 0 Å². The second kappa shape index (κ2) is 7.16. The van der Waals surface area contributed by atoms with Crippen LogP contribution in [0.4, 0.5) is 0 Å². The Morgan fingerprint density at radius 1 is 1.12 bits per heavy atom. The van der Waals surface area contributed by atoms with E-state index in [4.69, 9.17) is 0 Å². The van der Waals surface area contributed by atoms with Gasteiger partial charge in [-0.2, -0.15) is 0 Å². The minimum Gasteiger partial charge on any atom is -0.304 e. The highest BCUT2D eigenvalue weighted by Gasteiger charge is 2.28. The molecule has 2 amide bonds. The molecule has 5 nitrogen and oxygen atoms in total. The Balaban J connectivity index is 1.59. The molecule has 3 heterocycles. The van der Waals surface area contributed by atoms with Gasteiger partial charge in [0.25, 0.3) is 0 Å². The minimum atomic E-state index is -0.277. The van der Waals surface area contributed by atoms with E-state index in [9.17, 15) is 9.59 Å². The number of pyridine rings is 1. The Hall–Kier alpha value is -2.27. The Kier molecular flexibility index (Phi) is 4.72. The lowest BCUT2D eigenvalue weighted by Crippen LogP contribution is -2.39. The average Bonchev–Trinajstić information content (AvgIpc) is 2.67. The summed E-state index contributed by atoms with van der Waals surface area (Å²) in [5.41, 5.74) is 3.23. The SMILES string of the molecule is CCN1CCC(c2ccc3ncc(C4CCC(=O)NC4=O)cc3c2)CC1. The van der Waals surface area contributed by atoms with E-state index in [1.807, 2.05) is 0 Å². The fourth-order valence-electron chi connectivity index (χ4n) is 4.21. The van der Waals surface area contributed by atoms with Gasteiger partial charge in [0.05, 0.1) is 11.4 Å². The fourth-order valence-corrected chi connectivity index (χ4v) is 4.21. The number of likely N-dealkylation sites (tertiary alicyclic amines) is 1. The van der Waals surface area contributed by atoms with Crippen LogP contribution < -0.4 is 5.32 Å². The number of hydrogen-bond donors (Lipinski definition) is 1. The topological polar surface area (TPSA) is 62.3 Å². The standard InChI is InChI=1S/C21H25N3O2/c1-2-24-9-7-14(8-10-24)15-3-5-19-16(11-15)12-17(13-22-19)18-4-6-20(25)23-21(18)26/h3,5,11-14,18H,2,4,6-10H2,1H3,(H,23,25,26). The van der Waals surface area contributed by atoms with E-state index in [0.29, 0.717) is 18.8 Å². The summed E-state index contributed by atoms with van der Waals surface area (Å²) in [6, 6.07) is 8.61. The van der Waals surface area contributed by atoms with Crippen LogP contribution in [0.15, 0.2) is 30.5 Å². The third kappa shape index (κ3) is 3.36. The molecule has 1 unspecified atom stereocenters. The number of imide groups is 1. The number of rotatable bonds is 3. The molecule has 2 saturated heterocycles. The molecule has 1 atom stereocenters. The minimum absolute atomic E-state index is 0.180. The summed E-state index contributed by atoms with van der Waals surface area (Å²) < 4.78 is 0. The maximum Gasteiger partial charge on any atom is 0.234 e. The van der Waals surface area contributed by atoms with Crippen LogP contribution in [0.1, 0.15) is 55.6 Å². The first-order valence-corrected chi connectivity index (χ1v) is 9.59. The predicted molar refractivity (Wildman–Crippen MR) is 101 cm³/mol. The number of fused-ring (bicyclic) bond motifs is 1. The summed E-state index contributed by atoms with van der Waals surface area (Å²) in [5.74, 6) is -0.0614. The van der Waals surface area contributed by atoms with Gasteiger partial charge in [0.2, 0.25) is 11.8 Å². The van der Waals surface area contributed by atoms with Crippen molar-refractivity contribution in [2.45, 2.75) is 44.4 Å². The Morgan fingerprint density at radius 2 is 1.88 bits per heavy atom. The van der Waals surface area contributed by atoms with Crippen LogP contribution in [0.5, 0.6) is 0 Å². The highest BCUT2D eigenvalue weighted by molar-refractivity contribution is 6.01. The maximum absolute atomic E-state index is 12.2. The van der Waals surface area contributed by atoms with E-state index >= 15 is 0 Å². The molecule has 2 aliphatic heterocycles. The molecule has 2 fully saturated rings. The lowest BCUT2D eigenvalue weighted by Gasteiger charge is -2.31. The quantitative estimate of drug-likeness (QED) is 0.864. The molecule has 2 aromatic rings. The van der Waals surface area contributed by atoms with Crippen molar-refractivity contribution in [1.29, 1.82) is 0 Å². The molecule has 136 valence electrons. The number of nitrogens with zero attached hydrogens (tertiary/aromatic N) is 2. The van der Waals surface area contributed by atoms with Gasteiger partial charge in [0.15, 0.2) is 0 Å². The zero-order chi connectivity index (χ0) is 18.1. The number of carbonyl (C=O) groups excluding carboxylic acids is 2. The van der Waals surface area contributed by atoms with Gasteiger partial charge in [-0.15, -0.1) is 0 Å². The van der Waals surface area contributed by atoms with Gasteiger partial charge < -0.3 is 4.90 Å². The van der Waals surface area contributed by atoms with Crippen LogP contribution in [0.2, 0.25) is 0 Å². The number of amides is 2. The lowest BCUT2D eigenvalue weighted by atomic mass is 9.87. The molecule has 5 heteroatoms. The van der Waals surface area contributed by atoms with Crippen LogP contribution in [0.3, 0.4) is 0 Å². The van der Waals surface area contributed by atoms with Crippen LogP contribution in [-0.2, 0) is 9.59 Å². The van der Waals surface area contributed by atoms with Crippen molar-refractivity contribution in [3.05, 3.63) is 41.6 Å².